The Kier molecular flexibility index (Phi) is 7.65. The number of benzene rings is 1. The molecule has 0 amide bonds. The van der Waals surface area contributed by atoms with Gasteiger partial charge in [-0.1, -0.05) is 34.6 Å². The highest BCUT2D eigenvalue weighted by atomic mass is 16.1. The van der Waals surface area contributed by atoms with E-state index in [4.69, 9.17) is 0 Å². The molecule has 0 bridgehead atoms. The van der Waals surface area contributed by atoms with Crippen LogP contribution in [0.2, 0.25) is 0 Å². The summed E-state index contributed by atoms with van der Waals surface area (Å²) < 4.78 is 1.24. The van der Waals surface area contributed by atoms with Crippen LogP contribution in [0.1, 0.15) is 65.2 Å². The lowest BCUT2D eigenvalue weighted by Gasteiger charge is -2.50. The van der Waals surface area contributed by atoms with Gasteiger partial charge in [0.1, 0.15) is 6.54 Å². The van der Waals surface area contributed by atoms with Crippen molar-refractivity contribution in [2.45, 2.75) is 67.5 Å². The molecular formula is C27H40N4O2. The van der Waals surface area contributed by atoms with Crippen LogP contribution in [-0.4, -0.2) is 34.7 Å². The fourth-order valence-corrected chi connectivity index (χ4v) is 5.08. The maximum absolute atomic E-state index is 12.7. The van der Waals surface area contributed by atoms with E-state index < -0.39 is 0 Å². The smallest absolute Gasteiger partial charge is 0.269 e. The molecule has 2 aromatic rings. The van der Waals surface area contributed by atoms with Gasteiger partial charge >= 0.3 is 0 Å². The van der Waals surface area contributed by atoms with Crippen LogP contribution in [0.15, 0.2) is 41.3 Å². The summed E-state index contributed by atoms with van der Waals surface area (Å²) in [6.45, 7) is 17.6. The van der Waals surface area contributed by atoms with Gasteiger partial charge in [-0.15, -0.1) is 0 Å². The minimum absolute atomic E-state index is 0.0637. The number of anilines is 2. The van der Waals surface area contributed by atoms with E-state index >= 15 is 0 Å². The lowest BCUT2D eigenvalue weighted by Crippen LogP contribution is -2.48. The van der Waals surface area contributed by atoms with Crippen molar-refractivity contribution in [1.29, 1.82) is 0 Å². The average molecular weight is 453 g/mol. The van der Waals surface area contributed by atoms with Crippen molar-refractivity contribution in [3.63, 3.8) is 0 Å². The topological polar surface area (TPSA) is 67.2 Å². The van der Waals surface area contributed by atoms with Crippen molar-refractivity contribution < 1.29 is 4.79 Å². The summed E-state index contributed by atoms with van der Waals surface area (Å²) in [6, 6.07) is 9.42. The van der Waals surface area contributed by atoms with Crippen LogP contribution in [0.25, 0.3) is 0 Å². The van der Waals surface area contributed by atoms with Crippen LogP contribution >= 0.6 is 0 Å². The third-order valence-corrected chi connectivity index (χ3v) is 8.31. The first kappa shape index (κ1) is 25.0. The van der Waals surface area contributed by atoms with Crippen molar-refractivity contribution in [2.75, 3.05) is 23.3 Å². The number of carbonyl (C=O) groups is 1. The molecule has 0 unspecified atom stereocenters. The Balaban J connectivity index is 1.67. The third-order valence-electron chi connectivity index (χ3n) is 8.31. The van der Waals surface area contributed by atoms with Gasteiger partial charge in [0.05, 0.1) is 11.9 Å². The van der Waals surface area contributed by atoms with Crippen molar-refractivity contribution in [1.82, 2.24) is 9.78 Å². The van der Waals surface area contributed by atoms with E-state index in [9.17, 15) is 9.59 Å². The van der Waals surface area contributed by atoms with Gasteiger partial charge in [-0.3, -0.25) is 9.59 Å². The second kappa shape index (κ2) is 10.1. The van der Waals surface area contributed by atoms with Crippen LogP contribution < -0.4 is 15.8 Å². The zero-order valence-electron chi connectivity index (χ0n) is 21.3. The maximum Gasteiger partial charge on any atom is 0.269 e. The molecule has 1 aromatic carbocycles. The van der Waals surface area contributed by atoms with Crippen LogP contribution in [0.3, 0.4) is 0 Å². The lowest BCUT2D eigenvalue weighted by molar-refractivity contribution is 0.0316. The molecule has 1 aliphatic carbocycles. The van der Waals surface area contributed by atoms with Gasteiger partial charge in [0.25, 0.3) is 5.56 Å². The minimum atomic E-state index is -0.266. The number of nitrogens with zero attached hydrogens (tertiary/aromatic N) is 3. The summed E-state index contributed by atoms with van der Waals surface area (Å²) in [7, 11) is 0. The van der Waals surface area contributed by atoms with E-state index in [1.807, 2.05) is 24.3 Å². The van der Waals surface area contributed by atoms with E-state index in [0.29, 0.717) is 34.8 Å². The van der Waals surface area contributed by atoms with E-state index in [1.165, 1.54) is 4.68 Å². The molecule has 180 valence electrons. The molecule has 1 heterocycles. The Morgan fingerprint density at radius 3 is 2.36 bits per heavy atom. The Labute approximate surface area is 198 Å². The van der Waals surface area contributed by atoms with Gasteiger partial charge in [0.2, 0.25) is 0 Å². The van der Waals surface area contributed by atoms with Gasteiger partial charge in [-0.2, -0.15) is 5.10 Å². The highest BCUT2D eigenvalue weighted by Crippen LogP contribution is 2.47. The molecule has 1 N–H and O–H groups in total. The predicted octanol–water partition coefficient (Wildman–Crippen LogP) is 5.09. The van der Waals surface area contributed by atoms with Gasteiger partial charge < -0.3 is 10.2 Å². The molecule has 1 aromatic heterocycles. The molecule has 6 heteroatoms. The Morgan fingerprint density at radius 2 is 1.79 bits per heavy atom. The molecule has 0 spiro atoms. The zero-order chi connectivity index (χ0) is 24.3. The molecular weight excluding hydrogens is 412 g/mol. The largest absolute Gasteiger partial charge is 0.381 e. The van der Waals surface area contributed by atoms with Crippen molar-refractivity contribution in [3.8, 4) is 0 Å². The maximum atomic E-state index is 12.7. The highest BCUT2D eigenvalue weighted by molar-refractivity contribution is 5.96. The Hall–Kier alpha value is -2.63. The van der Waals surface area contributed by atoms with Gasteiger partial charge in [-0.25, -0.2) is 4.68 Å². The number of rotatable bonds is 8. The van der Waals surface area contributed by atoms with E-state index in [1.54, 1.807) is 12.3 Å². The predicted molar refractivity (Wildman–Crippen MR) is 136 cm³/mol. The first-order chi connectivity index (χ1) is 15.6. The standard InChI is InChI=1S/C27H40N4O2/c1-8-30(9-2)23-12-10-21(11-13-23)25(32)17-31-26(33)15-22(16-28-31)29-24-14-18(3)27(6,7)20(5)19(24)4/h10-13,15-16,18-20,24,29H,8-9,14,17H2,1-7H3/t18-,19+,20+,24+/m0/s1. The number of hydrogen-bond acceptors (Lipinski definition) is 5. The molecule has 3 rings (SSSR count). The summed E-state index contributed by atoms with van der Waals surface area (Å²) in [5.41, 5.74) is 2.43. The molecule has 1 saturated carbocycles. The first-order valence-corrected chi connectivity index (χ1v) is 12.3. The first-order valence-electron chi connectivity index (χ1n) is 12.3. The molecule has 1 fully saturated rings. The number of carbonyl (C=O) groups excluding carboxylic acids is 1. The Bertz CT molecular complexity index is 1010. The molecule has 33 heavy (non-hydrogen) atoms. The van der Waals surface area contributed by atoms with Crippen molar-refractivity contribution in [3.05, 3.63) is 52.4 Å². The van der Waals surface area contributed by atoms with E-state index in [2.05, 4.69) is 63.8 Å². The quantitative estimate of drug-likeness (QED) is 0.565. The van der Waals surface area contributed by atoms with Crippen LogP contribution in [0.4, 0.5) is 11.4 Å². The van der Waals surface area contributed by atoms with Crippen LogP contribution in [0, 0.1) is 23.2 Å². The second-order valence-electron chi connectivity index (χ2n) is 10.2. The molecule has 6 nitrogen and oxygen atoms in total. The minimum Gasteiger partial charge on any atom is -0.381 e. The Morgan fingerprint density at radius 1 is 1.15 bits per heavy atom. The molecule has 0 radical (unpaired) electrons. The van der Waals surface area contributed by atoms with Crippen molar-refractivity contribution >= 4 is 17.2 Å². The average Bonchev–Trinajstić information content (AvgIpc) is 2.79. The van der Waals surface area contributed by atoms with Crippen molar-refractivity contribution in [2.24, 2.45) is 23.2 Å². The summed E-state index contributed by atoms with van der Waals surface area (Å²) in [4.78, 5) is 27.6. The number of aromatic nitrogens is 2. The lowest BCUT2D eigenvalue weighted by atomic mass is 9.58. The summed E-state index contributed by atoms with van der Waals surface area (Å²) in [5.74, 6) is 1.51. The van der Waals surface area contributed by atoms with E-state index in [-0.39, 0.29) is 17.9 Å². The highest BCUT2D eigenvalue weighted by Gasteiger charge is 2.43. The normalized spacial score (nSPS) is 24.3. The SMILES string of the molecule is CCN(CC)c1ccc(C(=O)Cn2ncc(N[C@@H]3C[C@H](C)C(C)(C)[C@H](C)[C@H]3C)cc2=O)cc1. The van der Waals surface area contributed by atoms with E-state index in [0.717, 1.165) is 30.9 Å². The van der Waals surface area contributed by atoms with Gasteiger partial charge in [0.15, 0.2) is 5.78 Å². The van der Waals surface area contributed by atoms with Crippen LogP contribution in [-0.2, 0) is 6.54 Å². The molecule has 1 aliphatic rings. The summed E-state index contributed by atoms with van der Waals surface area (Å²) in [6.07, 6.45) is 2.73. The zero-order valence-corrected chi connectivity index (χ0v) is 21.3. The number of nitrogens with one attached hydrogen (secondary N) is 1. The molecule has 4 atom stereocenters. The monoisotopic (exact) mass is 452 g/mol. The van der Waals surface area contributed by atoms with Gasteiger partial charge in [-0.05, 0) is 67.7 Å². The third kappa shape index (κ3) is 5.31. The fourth-order valence-electron chi connectivity index (χ4n) is 5.08. The number of hydrogen-bond donors (Lipinski definition) is 1. The summed E-state index contributed by atoms with van der Waals surface area (Å²) in [5, 5.41) is 7.83. The van der Waals surface area contributed by atoms with Gasteiger partial charge in [0, 0.05) is 36.4 Å². The molecule has 0 aliphatic heterocycles. The van der Waals surface area contributed by atoms with Crippen LogP contribution in [0.5, 0.6) is 0 Å². The fraction of sp³-hybridized carbons (Fsp3) is 0.593. The summed E-state index contributed by atoms with van der Waals surface area (Å²) >= 11 is 0. The molecule has 0 saturated heterocycles. The second-order valence-corrected chi connectivity index (χ2v) is 10.2. The number of Topliss-reactive ketones (excluding diaryl/α,β-unsaturated/α-hetero) is 1. The number of ketones is 1.